The topological polar surface area (TPSA) is 93.8 Å². The molecule has 0 bridgehead atoms. The Morgan fingerprint density at radius 1 is 1.63 bits per heavy atom. The molecule has 0 amide bonds. The summed E-state index contributed by atoms with van der Waals surface area (Å²) in [6, 6.07) is 1.35. The van der Waals surface area contributed by atoms with E-state index in [0.717, 1.165) is 7.11 Å². The van der Waals surface area contributed by atoms with E-state index in [0.29, 0.717) is 5.52 Å². The molecule has 2 aromatic heterocycles. The highest BCUT2D eigenvalue weighted by Gasteiger charge is 2.45. The molecule has 0 fully saturated rings. The third-order valence-corrected chi connectivity index (χ3v) is 4.07. The maximum Gasteiger partial charge on any atom is 0.331 e. The summed E-state index contributed by atoms with van der Waals surface area (Å²) in [5, 5.41) is 4.01. The predicted molar refractivity (Wildman–Crippen MR) is 68.1 cm³/mol. The van der Waals surface area contributed by atoms with Gasteiger partial charge in [0.25, 0.3) is 0 Å². The van der Waals surface area contributed by atoms with Gasteiger partial charge in [-0.2, -0.15) is 5.10 Å². The fraction of sp³-hybridized carbons (Fsp3) is 0.300. The van der Waals surface area contributed by atoms with Crippen LogP contribution in [0.25, 0.3) is 5.52 Å². The van der Waals surface area contributed by atoms with E-state index in [2.05, 4.69) is 14.8 Å². The van der Waals surface area contributed by atoms with E-state index in [4.69, 9.17) is 11.6 Å². The molecule has 2 heterocycles. The Morgan fingerprint density at radius 2 is 2.32 bits per heavy atom. The lowest BCUT2D eigenvalue weighted by atomic mass is 10.0. The van der Waals surface area contributed by atoms with Crippen LogP contribution in [0.3, 0.4) is 0 Å². The van der Waals surface area contributed by atoms with Crippen molar-refractivity contribution in [2.75, 3.05) is 7.11 Å². The monoisotopic (exact) mass is 303 g/mol. The van der Waals surface area contributed by atoms with Crippen LogP contribution in [0.1, 0.15) is 12.5 Å². The summed E-state index contributed by atoms with van der Waals surface area (Å²) in [5.74, 6) is -0.848. The second-order valence-corrected chi connectivity index (χ2v) is 5.58. The maximum atomic E-state index is 11.9. The average Bonchev–Trinajstić information content (AvgIpc) is 2.83. The van der Waals surface area contributed by atoms with Crippen molar-refractivity contribution in [3.8, 4) is 0 Å². The smallest absolute Gasteiger partial charge is 0.331 e. The first kappa shape index (κ1) is 13.9. The lowest BCUT2D eigenvalue weighted by molar-refractivity contribution is -0.143. The Morgan fingerprint density at radius 3 is 2.89 bits per heavy atom. The van der Waals surface area contributed by atoms with E-state index in [9.17, 15) is 13.6 Å². The summed E-state index contributed by atoms with van der Waals surface area (Å²) < 4.78 is 25.3. The molecule has 19 heavy (non-hydrogen) atoms. The van der Waals surface area contributed by atoms with E-state index < -0.39 is 21.8 Å². The molecule has 0 aliphatic carbocycles. The Balaban J connectivity index is 2.80. The van der Waals surface area contributed by atoms with Gasteiger partial charge < -0.3 is 9.29 Å². The maximum absolute atomic E-state index is 11.9. The zero-order valence-electron chi connectivity index (χ0n) is 10.0. The molecule has 7 nitrogen and oxygen atoms in total. The van der Waals surface area contributed by atoms with Gasteiger partial charge in [-0.1, -0.05) is 11.6 Å². The Bertz CT molecular complexity index is 674. The normalized spacial score (nSPS) is 16.0. The van der Waals surface area contributed by atoms with Crippen LogP contribution in [0.4, 0.5) is 0 Å². The van der Waals surface area contributed by atoms with Gasteiger partial charge >= 0.3 is 5.97 Å². The van der Waals surface area contributed by atoms with Gasteiger partial charge in [-0.3, -0.25) is 4.79 Å². The molecule has 2 atom stereocenters. The van der Waals surface area contributed by atoms with Crippen LogP contribution in [0.2, 0.25) is 5.15 Å². The number of esters is 1. The van der Waals surface area contributed by atoms with Gasteiger partial charge in [0.2, 0.25) is 0 Å². The molecule has 2 unspecified atom stereocenters. The molecule has 0 aliphatic rings. The molecule has 0 aliphatic heterocycles. The molecule has 0 aromatic carbocycles. The highest BCUT2D eigenvalue weighted by Crippen LogP contribution is 2.32. The average molecular weight is 304 g/mol. The van der Waals surface area contributed by atoms with Gasteiger partial charge in [0.05, 0.1) is 18.8 Å². The SMILES string of the molecule is COC(=O)C(C)(c1cc(Cl)nn2cncc12)S(=O)O. The van der Waals surface area contributed by atoms with Crippen LogP contribution in [0, 0.1) is 0 Å². The van der Waals surface area contributed by atoms with E-state index in [1.54, 1.807) is 0 Å². The number of halogens is 1. The molecular weight excluding hydrogens is 294 g/mol. The fourth-order valence-electron chi connectivity index (χ4n) is 1.74. The molecule has 0 saturated heterocycles. The van der Waals surface area contributed by atoms with Crippen molar-refractivity contribution in [1.29, 1.82) is 0 Å². The van der Waals surface area contributed by atoms with Crippen LogP contribution in [0.5, 0.6) is 0 Å². The van der Waals surface area contributed by atoms with Crippen molar-refractivity contribution >= 4 is 34.2 Å². The number of carbonyl (C=O) groups excluding carboxylic acids is 1. The fourth-order valence-corrected chi connectivity index (χ4v) is 2.51. The number of carbonyl (C=O) groups is 1. The van der Waals surface area contributed by atoms with E-state index in [1.165, 1.54) is 30.0 Å². The van der Waals surface area contributed by atoms with Crippen molar-refractivity contribution in [1.82, 2.24) is 14.6 Å². The highest BCUT2D eigenvalue weighted by molar-refractivity contribution is 7.81. The van der Waals surface area contributed by atoms with Crippen LogP contribution < -0.4 is 0 Å². The third kappa shape index (κ3) is 2.11. The summed E-state index contributed by atoms with van der Waals surface area (Å²) in [7, 11) is 1.14. The zero-order valence-corrected chi connectivity index (χ0v) is 11.6. The number of methoxy groups -OCH3 is 1. The minimum atomic E-state index is -2.50. The quantitative estimate of drug-likeness (QED) is 0.671. The third-order valence-electron chi connectivity index (χ3n) is 2.80. The largest absolute Gasteiger partial charge is 0.468 e. The van der Waals surface area contributed by atoms with Gasteiger partial charge in [0.15, 0.2) is 15.8 Å². The van der Waals surface area contributed by atoms with E-state index in [1.807, 2.05) is 0 Å². The number of ether oxygens (including phenoxy) is 1. The standard InChI is InChI=1S/C10H10ClN3O4S/c1-10(19(16)17,9(15)18-2)6-3-8(11)13-14-5-12-4-7(6)14/h3-5H,1-2H3,(H,16,17). The molecule has 0 radical (unpaired) electrons. The summed E-state index contributed by atoms with van der Waals surface area (Å²) >= 11 is 3.35. The minimum Gasteiger partial charge on any atom is -0.468 e. The summed E-state index contributed by atoms with van der Waals surface area (Å²) in [5.41, 5.74) is 0.623. The van der Waals surface area contributed by atoms with Gasteiger partial charge in [-0.15, -0.1) is 0 Å². The zero-order chi connectivity index (χ0) is 14.2. The lowest BCUT2D eigenvalue weighted by Crippen LogP contribution is -2.38. The van der Waals surface area contributed by atoms with Crippen molar-refractivity contribution in [3.05, 3.63) is 29.3 Å². The Labute approximate surface area is 115 Å². The molecule has 102 valence electrons. The van der Waals surface area contributed by atoms with Crippen molar-refractivity contribution in [2.45, 2.75) is 11.7 Å². The van der Waals surface area contributed by atoms with E-state index >= 15 is 0 Å². The second-order valence-electron chi connectivity index (χ2n) is 3.88. The van der Waals surface area contributed by atoms with Crippen LogP contribution in [-0.4, -0.2) is 36.4 Å². The second kappa shape index (κ2) is 4.87. The lowest BCUT2D eigenvalue weighted by Gasteiger charge is -2.23. The predicted octanol–water partition coefficient (Wildman–Crippen LogP) is 0.993. The molecule has 0 saturated carbocycles. The van der Waals surface area contributed by atoms with Crippen molar-refractivity contribution in [2.24, 2.45) is 0 Å². The Kier molecular flexibility index (Phi) is 3.57. The first-order valence-corrected chi connectivity index (χ1v) is 6.58. The number of hydrogen-bond acceptors (Lipinski definition) is 5. The van der Waals surface area contributed by atoms with Crippen LogP contribution >= 0.6 is 11.6 Å². The minimum absolute atomic E-state index is 0.0704. The molecule has 0 spiro atoms. The number of fused-ring (bicyclic) bond motifs is 1. The molecular formula is C10H10ClN3O4S. The first-order valence-electron chi connectivity index (χ1n) is 5.10. The van der Waals surface area contributed by atoms with Gasteiger partial charge in [0.1, 0.15) is 11.5 Å². The molecule has 9 heteroatoms. The van der Waals surface area contributed by atoms with Gasteiger partial charge in [-0.05, 0) is 13.0 Å². The number of hydrogen-bond donors (Lipinski definition) is 1. The summed E-state index contributed by atoms with van der Waals surface area (Å²) in [6.07, 6.45) is 2.80. The molecule has 2 rings (SSSR count). The van der Waals surface area contributed by atoms with Crippen LogP contribution in [-0.2, 0) is 25.4 Å². The van der Waals surface area contributed by atoms with Crippen LogP contribution in [0.15, 0.2) is 18.6 Å². The highest BCUT2D eigenvalue weighted by atomic mass is 35.5. The first-order chi connectivity index (χ1) is 8.91. The van der Waals surface area contributed by atoms with Crippen molar-refractivity contribution < 1.29 is 18.3 Å². The van der Waals surface area contributed by atoms with Gasteiger partial charge in [0, 0.05) is 5.56 Å². The number of rotatable bonds is 3. The molecule has 2 aromatic rings. The summed E-state index contributed by atoms with van der Waals surface area (Å²) in [6.45, 7) is 1.30. The Hall–Kier alpha value is -1.51. The number of imidazole rings is 1. The van der Waals surface area contributed by atoms with Crippen molar-refractivity contribution in [3.63, 3.8) is 0 Å². The molecule has 1 N–H and O–H groups in total. The number of aromatic nitrogens is 3. The number of nitrogens with zero attached hydrogens (tertiary/aromatic N) is 3. The van der Waals surface area contributed by atoms with Gasteiger partial charge in [-0.25, -0.2) is 13.7 Å². The summed E-state index contributed by atoms with van der Waals surface area (Å²) in [4.78, 5) is 15.8. The van der Waals surface area contributed by atoms with E-state index in [-0.39, 0.29) is 10.7 Å².